The Balaban J connectivity index is 1.31. The fraction of sp³-hybridized carbons (Fsp3) is 0.571. The summed E-state index contributed by atoms with van der Waals surface area (Å²) >= 11 is 1.39. The van der Waals surface area contributed by atoms with Crippen LogP contribution in [0.25, 0.3) is 0 Å². The Morgan fingerprint density at radius 3 is 2.43 bits per heavy atom. The summed E-state index contributed by atoms with van der Waals surface area (Å²) in [6.07, 6.45) is 7.01. The number of anilines is 1. The van der Waals surface area contributed by atoms with Crippen molar-refractivity contribution in [3.8, 4) is 6.07 Å². The molecule has 1 saturated carbocycles. The molecule has 1 N–H and O–H groups in total. The fourth-order valence-electron chi connectivity index (χ4n) is 4.64. The molecule has 3 aliphatic rings. The molecule has 3 amide bonds. The molecule has 0 spiro atoms. The highest BCUT2D eigenvalue weighted by Crippen LogP contribution is 2.38. The lowest BCUT2D eigenvalue weighted by Gasteiger charge is -2.19. The average Bonchev–Trinajstić information content (AvgIpc) is 3.22. The second-order valence-electron chi connectivity index (χ2n) is 8.00. The van der Waals surface area contributed by atoms with Gasteiger partial charge >= 0.3 is 5.97 Å². The third-order valence-corrected chi connectivity index (χ3v) is 7.33. The maximum atomic E-state index is 12.4. The van der Waals surface area contributed by atoms with Crippen molar-refractivity contribution in [3.63, 3.8) is 0 Å². The number of likely N-dealkylation sites (tertiary alicyclic amines) is 1. The summed E-state index contributed by atoms with van der Waals surface area (Å²) in [4.78, 5) is 51.3. The number of aryl methyl sites for hydroxylation is 1. The molecule has 0 bridgehead atoms. The zero-order valence-corrected chi connectivity index (χ0v) is 17.4. The normalized spacial score (nSPS) is 22.8. The Hall–Kier alpha value is -2.73. The molecule has 2 heterocycles. The summed E-state index contributed by atoms with van der Waals surface area (Å²) in [7, 11) is 0. The lowest BCUT2D eigenvalue weighted by molar-refractivity contribution is -0.154. The Bertz CT molecular complexity index is 923. The molecule has 2 fully saturated rings. The van der Waals surface area contributed by atoms with E-state index in [-0.39, 0.29) is 23.7 Å². The van der Waals surface area contributed by atoms with Crippen molar-refractivity contribution in [3.05, 3.63) is 16.0 Å². The Morgan fingerprint density at radius 1 is 1.10 bits per heavy atom. The molecule has 2 atom stereocenters. The van der Waals surface area contributed by atoms with Gasteiger partial charge in [-0.3, -0.25) is 24.1 Å². The number of esters is 1. The van der Waals surface area contributed by atoms with Crippen molar-refractivity contribution in [2.75, 3.05) is 18.5 Å². The molecule has 0 radical (unpaired) electrons. The highest BCUT2D eigenvalue weighted by atomic mass is 32.1. The van der Waals surface area contributed by atoms with E-state index in [4.69, 9.17) is 4.74 Å². The number of fused-ring (bicyclic) bond motifs is 2. The second kappa shape index (κ2) is 8.56. The minimum Gasteiger partial charge on any atom is -0.454 e. The minimum atomic E-state index is -0.795. The van der Waals surface area contributed by atoms with Gasteiger partial charge in [-0.25, -0.2) is 0 Å². The van der Waals surface area contributed by atoms with Gasteiger partial charge in [0.05, 0.1) is 17.4 Å². The van der Waals surface area contributed by atoms with Gasteiger partial charge in [0.2, 0.25) is 11.8 Å². The van der Waals surface area contributed by atoms with Crippen molar-refractivity contribution in [1.29, 1.82) is 5.26 Å². The van der Waals surface area contributed by atoms with Crippen LogP contribution in [0, 0.1) is 23.2 Å². The molecule has 1 aliphatic heterocycles. The number of carbonyl (C=O) groups excluding carboxylic acids is 4. The molecular weight excluding hydrogens is 406 g/mol. The largest absolute Gasteiger partial charge is 0.454 e. The van der Waals surface area contributed by atoms with Crippen LogP contribution in [0.2, 0.25) is 0 Å². The molecule has 8 nitrogen and oxygen atoms in total. The van der Waals surface area contributed by atoms with Gasteiger partial charge < -0.3 is 10.1 Å². The first-order chi connectivity index (χ1) is 14.5. The molecule has 4 rings (SSSR count). The molecule has 158 valence electrons. The first-order valence-electron chi connectivity index (χ1n) is 10.3. The number of nitriles is 1. The van der Waals surface area contributed by atoms with Gasteiger partial charge in [-0.15, -0.1) is 11.3 Å². The fourth-order valence-corrected chi connectivity index (χ4v) is 5.90. The molecule has 2 aliphatic carbocycles. The van der Waals surface area contributed by atoms with Crippen LogP contribution in [-0.4, -0.2) is 41.7 Å². The van der Waals surface area contributed by atoms with Crippen molar-refractivity contribution < 1.29 is 23.9 Å². The summed E-state index contributed by atoms with van der Waals surface area (Å²) in [5.41, 5.74) is 1.50. The molecule has 1 saturated heterocycles. The van der Waals surface area contributed by atoms with Crippen LogP contribution >= 0.6 is 11.3 Å². The van der Waals surface area contributed by atoms with Crippen LogP contribution in [-0.2, 0) is 36.8 Å². The zero-order chi connectivity index (χ0) is 21.3. The lowest BCUT2D eigenvalue weighted by Crippen LogP contribution is -2.37. The van der Waals surface area contributed by atoms with Crippen molar-refractivity contribution >= 4 is 40.0 Å². The number of carbonyl (C=O) groups is 4. The number of hydrogen-bond acceptors (Lipinski definition) is 7. The number of thiophene rings is 1. The van der Waals surface area contributed by atoms with Crippen molar-refractivity contribution in [2.24, 2.45) is 11.8 Å². The maximum Gasteiger partial charge on any atom is 0.326 e. The van der Waals surface area contributed by atoms with E-state index < -0.39 is 25.0 Å². The van der Waals surface area contributed by atoms with Gasteiger partial charge in [0.15, 0.2) is 6.61 Å². The highest BCUT2D eigenvalue weighted by Gasteiger charge is 2.48. The smallest absolute Gasteiger partial charge is 0.326 e. The summed E-state index contributed by atoms with van der Waals surface area (Å²) in [6, 6.07) is 2.16. The van der Waals surface area contributed by atoms with E-state index in [0.717, 1.165) is 53.9 Å². The topological polar surface area (TPSA) is 117 Å². The average molecular weight is 429 g/mol. The Kier molecular flexibility index (Phi) is 5.86. The molecule has 0 aromatic carbocycles. The molecule has 1 aromatic heterocycles. The Labute approximate surface area is 178 Å². The summed E-state index contributed by atoms with van der Waals surface area (Å²) in [5, 5.41) is 12.6. The highest BCUT2D eigenvalue weighted by molar-refractivity contribution is 7.16. The first kappa shape index (κ1) is 20.5. The number of rotatable bonds is 5. The van der Waals surface area contributed by atoms with Gasteiger partial charge in [-0.1, -0.05) is 12.8 Å². The molecular formula is C21H23N3O5S. The van der Waals surface area contributed by atoms with Crippen molar-refractivity contribution in [1.82, 2.24) is 4.90 Å². The number of imide groups is 1. The summed E-state index contributed by atoms with van der Waals surface area (Å²) in [6.45, 7) is -0.996. The van der Waals surface area contributed by atoms with Gasteiger partial charge in [0, 0.05) is 4.88 Å². The number of amides is 3. The van der Waals surface area contributed by atoms with Gasteiger partial charge in [-0.05, 0) is 44.1 Å². The quantitative estimate of drug-likeness (QED) is 0.566. The van der Waals surface area contributed by atoms with Crippen LogP contribution in [0.3, 0.4) is 0 Å². The Morgan fingerprint density at radius 2 is 1.77 bits per heavy atom. The van der Waals surface area contributed by atoms with Crippen LogP contribution < -0.4 is 5.32 Å². The van der Waals surface area contributed by atoms with E-state index in [1.807, 2.05) is 0 Å². The van der Waals surface area contributed by atoms with E-state index in [1.54, 1.807) is 0 Å². The number of nitrogens with one attached hydrogen (secondary N) is 1. The lowest BCUT2D eigenvalue weighted by atomic mass is 9.81. The first-order valence-corrected chi connectivity index (χ1v) is 11.2. The van der Waals surface area contributed by atoms with E-state index in [9.17, 15) is 24.4 Å². The summed E-state index contributed by atoms with van der Waals surface area (Å²) in [5.74, 6) is -2.61. The van der Waals surface area contributed by atoms with E-state index in [1.165, 1.54) is 11.3 Å². The minimum absolute atomic E-state index is 0.311. The maximum absolute atomic E-state index is 12.4. The van der Waals surface area contributed by atoms with E-state index in [2.05, 4.69) is 11.4 Å². The molecule has 1 aromatic rings. The predicted molar refractivity (Wildman–Crippen MR) is 107 cm³/mol. The van der Waals surface area contributed by atoms with Crippen molar-refractivity contribution in [2.45, 2.75) is 51.4 Å². The van der Waals surface area contributed by atoms with Crippen LogP contribution in [0.15, 0.2) is 0 Å². The standard InChI is InChI=1S/C21H23N3O5S/c22-9-15-12-5-3-4-8-16(12)30-19(15)23-17(25)11-29-18(26)10-24-20(27)13-6-1-2-7-14(13)21(24)28/h13-14H,1-8,10-11H2,(H,23,25)/t13-,14-/m1/s1. The van der Waals surface area contributed by atoms with Gasteiger partial charge in [-0.2, -0.15) is 5.26 Å². The van der Waals surface area contributed by atoms with Crippen LogP contribution in [0.1, 0.15) is 54.5 Å². The van der Waals surface area contributed by atoms with Gasteiger partial charge in [0.25, 0.3) is 5.91 Å². The third kappa shape index (κ3) is 3.84. The number of nitrogens with zero attached hydrogens (tertiary/aromatic N) is 2. The molecule has 30 heavy (non-hydrogen) atoms. The third-order valence-electron chi connectivity index (χ3n) is 6.12. The molecule has 0 unspecified atom stereocenters. The predicted octanol–water partition coefficient (Wildman–Crippen LogP) is 2.16. The van der Waals surface area contributed by atoms with E-state index in [0.29, 0.717) is 23.4 Å². The monoisotopic (exact) mass is 429 g/mol. The van der Waals surface area contributed by atoms with Crippen LogP contribution in [0.5, 0.6) is 0 Å². The zero-order valence-electron chi connectivity index (χ0n) is 16.6. The molecule has 9 heteroatoms. The second-order valence-corrected chi connectivity index (χ2v) is 9.10. The number of ether oxygens (including phenoxy) is 1. The SMILES string of the molecule is N#Cc1c(NC(=O)COC(=O)CN2C(=O)[C@@H]3CCCC[C@H]3C2=O)sc2c1CCCC2. The number of hydrogen-bond donors (Lipinski definition) is 1. The van der Waals surface area contributed by atoms with Gasteiger partial charge in [0.1, 0.15) is 17.6 Å². The van der Waals surface area contributed by atoms with Crippen LogP contribution in [0.4, 0.5) is 5.00 Å². The van der Waals surface area contributed by atoms with E-state index >= 15 is 0 Å². The summed E-state index contributed by atoms with van der Waals surface area (Å²) < 4.78 is 4.99.